The fraction of sp³-hybridized carbons (Fsp3) is 0.294. The lowest BCUT2D eigenvalue weighted by molar-refractivity contribution is -0.260. The Balaban J connectivity index is 1.53. The van der Waals surface area contributed by atoms with Gasteiger partial charge >= 0.3 is 17.8 Å². The number of allylic oxidation sites excluding steroid dienone is 2. The molecule has 238 valence electrons. The van der Waals surface area contributed by atoms with Gasteiger partial charge in [-0.2, -0.15) is 26.3 Å². The molecule has 7 rings (SSSR count). The Bertz CT molecular complexity index is 1980. The van der Waals surface area contributed by atoms with Crippen LogP contribution in [0.15, 0.2) is 58.5 Å². The van der Waals surface area contributed by atoms with Gasteiger partial charge in [-0.3, -0.25) is 0 Å². The highest BCUT2D eigenvalue weighted by Gasteiger charge is 2.80. The van der Waals surface area contributed by atoms with E-state index in [0.717, 1.165) is 5.56 Å². The number of rotatable bonds is 5. The summed E-state index contributed by atoms with van der Waals surface area (Å²) in [7, 11) is 0. The molecule has 0 saturated heterocycles. The number of furan rings is 1. The smallest absolute Gasteiger partial charge is 0.380 e. The normalized spacial score (nSPS) is 18.7. The van der Waals surface area contributed by atoms with Crippen molar-refractivity contribution in [3.05, 3.63) is 70.8 Å². The van der Waals surface area contributed by atoms with E-state index in [-0.39, 0.29) is 75.6 Å². The molecule has 12 heteroatoms. The van der Waals surface area contributed by atoms with E-state index in [2.05, 4.69) is 0 Å². The molecule has 3 heterocycles. The number of alkyl halides is 6. The maximum Gasteiger partial charge on any atom is 0.380 e. The molecule has 0 saturated carbocycles. The van der Waals surface area contributed by atoms with Crippen molar-refractivity contribution >= 4 is 16.5 Å². The molecule has 0 N–H and O–H groups in total. The third-order valence-electron chi connectivity index (χ3n) is 8.32. The largest absolute Gasteiger partial charge is 0.455 e. The molecule has 6 nitrogen and oxygen atoms in total. The Morgan fingerprint density at radius 1 is 0.804 bits per heavy atom. The zero-order valence-corrected chi connectivity index (χ0v) is 24.5. The van der Waals surface area contributed by atoms with E-state index < -0.39 is 40.9 Å². The number of benzene rings is 3. The molecule has 1 aliphatic carbocycles. The second-order valence-corrected chi connectivity index (χ2v) is 12.1. The minimum absolute atomic E-state index is 0.0604. The molecule has 1 aromatic heterocycles. The molecule has 0 fully saturated rings. The lowest BCUT2D eigenvalue weighted by Gasteiger charge is -2.26. The van der Waals surface area contributed by atoms with Crippen molar-refractivity contribution in [2.24, 2.45) is 0 Å². The minimum atomic E-state index is -5.82. The topological polar surface area (TPSA) is 59.3 Å². The van der Waals surface area contributed by atoms with E-state index in [9.17, 15) is 0 Å². The summed E-state index contributed by atoms with van der Waals surface area (Å²) < 4.78 is 127. The van der Waals surface area contributed by atoms with Crippen molar-refractivity contribution in [2.75, 3.05) is 13.6 Å². The Kier molecular flexibility index (Phi) is 6.34. The van der Waals surface area contributed by atoms with Crippen LogP contribution in [0, 0.1) is 12.5 Å². The van der Waals surface area contributed by atoms with Crippen molar-refractivity contribution in [3.63, 3.8) is 0 Å². The number of halogens is 6. The first kappa shape index (κ1) is 29.8. The second-order valence-electron chi connectivity index (χ2n) is 12.1. The summed E-state index contributed by atoms with van der Waals surface area (Å²) in [6.07, 6.45) is 6.06. The average molecular weight is 643 g/mol. The van der Waals surface area contributed by atoms with Crippen LogP contribution < -0.4 is 23.7 Å². The van der Waals surface area contributed by atoms with Gasteiger partial charge in [-0.05, 0) is 23.1 Å². The third kappa shape index (κ3) is 4.21. The predicted octanol–water partition coefficient (Wildman–Crippen LogP) is 8.74. The Morgan fingerprint density at radius 2 is 1.39 bits per heavy atom. The van der Waals surface area contributed by atoms with Crippen LogP contribution in [-0.2, 0) is 11.8 Å². The Hall–Kier alpha value is -4.92. The maximum absolute atomic E-state index is 16.1. The average Bonchev–Trinajstić information content (AvgIpc) is 3.74. The van der Waals surface area contributed by atoms with Gasteiger partial charge in [0.05, 0.1) is 0 Å². The van der Waals surface area contributed by atoms with E-state index in [1.54, 1.807) is 24.3 Å². The van der Waals surface area contributed by atoms with Crippen LogP contribution >= 0.6 is 0 Å². The third-order valence-corrected chi connectivity index (χ3v) is 8.32. The Labute approximate surface area is 258 Å². The summed E-state index contributed by atoms with van der Waals surface area (Å²) in [4.78, 5) is 0. The van der Waals surface area contributed by atoms with Crippen molar-refractivity contribution in [3.8, 4) is 52.6 Å². The summed E-state index contributed by atoms with van der Waals surface area (Å²) in [5.74, 6) is -16.5. The quantitative estimate of drug-likeness (QED) is 0.160. The highest BCUT2D eigenvalue weighted by molar-refractivity contribution is 6.03. The molecule has 2 aliphatic heterocycles. The first-order chi connectivity index (χ1) is 21.6. The van der Waals surface area contributed by atoms with Crippen molar-refractivity contribution in [1.82, 2.24) is 0 Å². The van der Waals surface area contributed by atoms with Crippen LogP contribution in [0.25, 0.3) is 27.9 Å². The van der Waals surface area contributed by atoms with Crippen LogP contribution in [0.1, 0.15) is 37.5 Å². The van der Waals surface area contributed by atoms with Crippen LogP contribution in [0.4, 0.5) is 26.3 Å². The predicted molar refractivity (Wildman–Crippen MR) is 154 cm³/mol. The van der Waals surface area contributed by atoms with Gasteiger partial charge in [-0.25, -0.2) is 0 Å². The lowest BCUT2D eigenvalue weighted by atomic mass is 9.86. The molecule has 0 bridgehead atoms. The molecular weight excluding hydrogens is 618 g/mol. The van der Waals surface area contributed by atoms with E-state index in [1.807, 2.05) is 26.9 Å². The zero-order chi connectivity index (χ0) is 32.8. The van der Waals surface area contributed by atoms with Crippen molar-refractivity contribution < 1.29 is 54.4 Å². The molecule has 4 aromatic rings. The van der Waals surface area contributed by atoms with E-state index in [4.69, 9.17) is 34.5 Å². The Morgan fingerprint density at radius 3 is 2.00 bits per heavy atom. The highest BCUT2D eigenvalue weighted by Crippen LogP contribution is 2.65. The molecule has 0 spiro atoms. The van der Waals surface area contributed by atoms with Crippen LogP contribution in [0.3, 0.4) is 0 Å². The second kappa shape index (κ2) is 9.79. The summed E-state index contributed by atoms with van der Waals surface area (Å²) >= 11 is 0. The minimum Gasteiger partial charge on any atom is -0.455 e. The van der Waals surface area contributed by atoms with Gasteiger partial charge in [0.15, 0.2) is 23.0 Å². The van der Waals surface area contributed by atoms with Gasteiger partial charge in [0.25, 0.3) is 0 Å². The van der Waals surface area contributed by atoms with E-state index in [0.29, 0.717) is 0 Å². The highest BCUT2D eigenvalue weighted by atomic mass is 19.3. The molecule has 3 aromatic carbocycles. The standard InChI is InChI=1S/C34H24F6O6/c1-5-41-22-13-26-24(42-15-44-26)11-18(22)10-21-29(33(37,38)34(39,40)32(21,35)36)28-20-12-25-27(45-16-43-25)14-23(20)46-30(28)17-6-8-19(9-7-17)31(2,3)4/h1,6-9,11-14H,10,15-16H2,2-4H3. The summed E-state index contributed by atoms with van der Waals surface area (Å²) in [5.41, 5.74) is -3.24. The van der Waals surface area contributed by atoms with Gasteiger partial charge < -0.3 is 28.1 Å². The number of hydrogen-bond donors (Lipinski definition) is 0. The lowest BCUT2D eigenvalue weighted by Crippen LogP contribution is -2.49. The SMILES string of the molecule is C#COc1cc2c(cc1CC1=C(c3c(-c4ccc(C(C)(C)C)cc4)oc4cc5c(cc34)OCO5)C(F)(F)C(F)(F)C1(F)F)OCO2. The first-order valence-electron chi connectivity index (χ1n) is 14.0. The molecule has 46 heavy (non-hydrogen) atoms. The zero-order valence-electron chi connectivity index (χ0n) is 24.5. The molecule has 3 aliphatic rings. The number of hydrogen-bond acceptors (Lipinski definition) is 6. The summed E-state index contributed by atoms with van der Waals surface area (Å²) in [6.45, 7) is 5.48. The van der Waals surface area contributed by atoms with Gasteiger partial charge in [0, 0.05) is 51.8 Å². The van der Waals surface area contributed by atoms with E-state index in [1.165, 1.54) is 24.3 Å². The van der Waals surface area contributed by atoms with Gasteiger partial charge in [-0.1, -0.05) is 51.5 Å². The number of terminal acetylenes is 1. The van der Waals surface area contributed by atoms with Gasteiger partial charge in [0.2, 0.25) is 13.6 Å². The fourth-order valence-electron chi connectivity index (χ4n) is 5.91. The monoisotopic (exact) mass is 642 g/mol. The van der Waals surface area contributed by atoms with Crippen LogP contribution in [-0.4, -0.2) is 31.4 Å². The van der Waals surface area contributed by atoms with Gasteiger partial charge in [-0.15, -0.1) is 0 Å². The first-order valence-corrected chi connectivity index (χ1v) is 14.0. The van der Waals surface area contributed by atoms with Crippen LogP contribution in [0.2, 0.25) is 0 Å². The van der Waals surface area contributed by atoms with E-state index >= 15 is 26.3 Å². The maximum atomic E-state index is 16.1. The summed E-state index contributed by atoms with van der Waals surface area (Å²) in [5, 5.41) is -0.148. The number of ether oxygens (including phenoxy) is 5. The van der Waals surface area contributed by atoms with Gasteiger partial charge in [0.1, 0.15) is 23.2 Å². The van der Waals surface area contributed by atoms with Crippen LogP contribution in [0.5, 0.6) is 28.7 Å². The molecular formula is C34H24F6O6. The molecule has 0 amide bonds. The van der Waals surface area contributed by atoms with Crippen molar-refractivity contribution in [2.45, 2.75) is 50.4 Å². The fourth-order valence-corrected chi connectivity index (χ4v) is 5.91. The molecule has 0 atom stereocenters. The van der Waals surface area contributed by atoms with Crippen molar-refractivity contribution in [1.29, 1.82) is 0 Å². The summed E-state index contributed by atoms with van der Waals surface area (Å²) in [6, 6.07) is 11.6. The number of fused-ring (bicyclic) bond motifs is 3. The molecule has 0 radical (unpaired) electrons. The molecule has 0 unspecified atom stereocenters.